The Morgan fingerprint density at radius 1 is 1.85 bits per heavy atom. The molecule has 1 heterocycles. The summed E-state index contributed by atoms with van der Waals surface area (Å²) in [5.41, 5.74) is 1.05. The van der Waals surface area contributed by atoms with Crippen molar-refractivity contribution in [1.29, 1.82) is 5.26 Å². The number of nitrogens with zero attached hydrogens (tertiary/aromatic N) is 1. The molecule has 3 nitrogen and oxygen atoms in total. The summed E-state index contributed by atoms with van der Waals surface area (Å²) in [4.78, 5) is 11.0. The summed E-state index contributed by atoms with van der Waals surface area (Å²) in [5, 5.41) is 8.63. The lowest BCUT2D eigenvalue weighted by molar-refractivity contribution is -0.137. The fraction of sp³-hybridized carbons (Fsp3) is 0.556. The molecule has 0 unspecified atom stereocenters. The SMILES string of the molecule is CCOC(=O)/C=C1/CCB(C#N)C1. The number of nitriles is 1. The normalized spacial score (nSPS) is 18.8. The maximum atomic E-state index is 11.0. The lowest BCUT2D eigenvalue weighted by Crippen LogP contribution is -2.02. The van der Waals surface area contributed by atoms with E-state index < -0.39 is 0 Å². The van der Waals surface area contributed by atoms with Crippen LogP contribution in [0.2, 0.25) is 12.6 Å². The first-order valence-corrected chi connectivity index (χ1v) is 4.52. The molecular weight excluding hydrogens is 165 g/mol. The molecule has 68 valence electrons. The Morgan fingerprint density at radius 3 is 3.15 bits per heavy atom. The lowest BCUT2D eigenvalue weighted by atomic mass is 9.50. The topological polar surface area (TPSA) is 50.1 Å². The highest BCUT2D eigenvalue weighted by molar-refractivity contribution is 6.68. The van der Waals surface area contributed by atoms with Crippen LogP contribution in [0.4, 0.5) is 0 Å². The molecule has 0 spiro atoms. The number of rotatable bonds is 2. The van der Waals surface area contributed by atoms with Crippen LogP contribution in [0, 0.1) is 11.2 Å². The number of hydrogen-bond acceptors (Lipinski definition) is 3. The highest BCUT2D eigenvalue weighted by atomic mass is 16.5. The zero-order chi connectivity index (χ0) is 9.68. The summed E-state index contributed by atoms with van der Waals surface area (Å²) < 4.78 is 4.77. The number of hydrogen-bond donors (Lipinski definition) is 0. The van der Waals surface area contributed by atoms with Crippen molar-refractivity contribution in [3.8, 4) is 5.97 Å². The van der Waals surface area contributed by atoms with E-state index >= 15 is 0 Å². The predicted octanol–water partition coefficient (Wildman–Crippen LogP) is 1.44. The van der Waals surface area contributed by atoms with E-state index in [-0.39, 0.29) is 12.7 Å². The van der Waals surface area contributed by atoms with Crippen LogP contribution in [-0.2, 0) is 9.53 Å². The molecule has 0 bridgehead atoms. The Labute approximate surface area is 78.5 Å². The average Bonchev–Trinajstić information content (AvgIpc) is 2.52. The van der Waals surface area contributed by atoms with Gasteiger partial charge in [0.05, 0.1) is 6.61 Å². The Kier molecular flexibility index (Phi) is 3.57. The van der Waals surface area contributed by atoms with Crippen LogP contribution in [0.25, 0.3) is 0 Å². The second kappa shape index (κ2) is 4.71. The number of ether oxygens (including phenoxy) is 1. The van der Waals surface area contributed by atoms with Crippen LogP contribution in [0.1, 0.15) is 13.3 Å². The van der Waals surface area contributed by atoms with E-state index in [4.69, 9.17) is 10.00 Å². The molecule has 4 heteroatoms. The Hall–Kier alpha value is -1.24. The van der Waals surface area contributed by atoms with Crippen molar-refractivity contribution in [3.63, 3.8) is 0 Å². The molecule has 1 rings (SSSR count). The van der Waals surface area contributed by atoms with Gasteiger partial charge in [-0.15, -0.1) is 0 Å². The molecule has 0 aromatic rings. The molecule has 0 N–H and O–H groups in total. The standard InChI is InChI=1S/C9H12BNO2/c1-2-13-9(12)5-8-3-4-10(6-8)7-11/h5H,2-4,6H2,1H3/b8-5-. The molecule has 0 aromatic carbocycles. The second-order valence-electron chi connectivity index (χ2n) is 3.12. The minimum absolute atomic E-state index is 0.0978. The second-order valence-corrected chi connectivity index (χ2v) is 3.12. The van der Waals surface area contributed by atoms with Crippen molar-refractivity contribution in [3.05, 3.63) is 11.6 Å². The van der Waals surface area contributed by atoms with Crippen molar-refractivity contribution in [1.82, 2.24) is 0 Å². The Balaban J connectivity index is 2.46. The summed E-state index contributed by atoms with van der Waals surface area (Å²) >= 11 is 0. The molecule has 0 aliphatic carbocycles. The largest absolute Gasteiger partial charge is 0.463 e. The zero-order valence-electron chi connectivity index (χ0n) is 7.75. The zero-order valence-corrected chi connectivity index (χ0v) is 7.75. The summed E-state index contributed by atoms with van der Waals surface area (Å²) in [5.74, 6) is 1.92. The lowest BCUT2D eigenvalue weighted by Gasteiger charge is -1.97. The van der Waals surface area contributed by atoms with Gasteiger partial charge >= 0.3 is 5.97 Å². The highest BCUT2D eigenvalue weighted by Crippen LogP contribution is 2.25. The Morgan fingerprint density at radius 2 is 2.62 bits per heavy atom. The third-order valence-corrected chi connectivity index (χ3v) is 2.11. The third-order valence-electron chi connectivity index (χ3n) is 2.11. The van der Waals surface area contributed by atoms with Crippen LogP contribution < -0.4 is 0 Å². The minimum Gasteiger partial charge on any atom is -0.463 e. The van der Waals surface area contributed by atoms with Gasteiger partial charge in [0, 0.05) is 12.0 Å². The van der Waals surface area contributed by atoms with Gasteiger partial charge in [-0.2, -0.15) is 0 Å². The third kappa shape index (κ3) is 2.94. The molecule has 13 heavy (non-hydrogen) atoms. The number of allylic oxidation sites excluding steroid dienone is 1. The first-order valence-electron chi connectivity index (χ1n) is 4.52. The average molecular weight is 177 g/mol. The van der Waals surface area contributed by atoms with Gasteiger partial charge in [-0.05, 0) is 19.7 Å². The molecule has 0 radical (unpaired) electrons. The monoisotopic (exact) mass is 177 g/mol. The summed E-state index contributed by atoms with van der Waals surface area (Å²) in [6, 6.07) is 0. The fourth-order valence-electron chi connectivity index (χ4n) is 1.47. The minimum atomic E-state index is -0.281. The number of carbonyl (C=O) groups excluding carboxylic acids is 1. The summed E-state index contributed by atoms with van der Waals surface area (Å²) in [6.07, 6.45) is 3.99. The van der Waals surface area contributed by atoms with Crippen LogP contribution in [0.3, 0.4) is 0 Å². The van der Waals surface area contributed by atoms with E-state index in [0.29, 0.717) is 6.61 Å². The Bertz CT molecular complexity index is 267. The summed E-state index contributed by atoms with van der Waals surface area (Å²) in [7, 11) is 0. The van der Waals surface area contributed by atoms with Gasteiger partial charge in [-0.25, -0.2) is 10.1 Å². The van der Waals surface area contributed by atoms with E-state index in [1.165, 1.54) is 6.08 Å². The van der Waals surface area contributed by atoms with Gasteiger partial charge in [0.1, 0.15) is 0 Å². The molecule has 1 aliphatic rings. The maximum Gasteiger partial charge on any atom is 0.330 e. The van der Waals surface area contributed by atoms with Gasteiger partial charge in [-0.3, -0.25) is 0 Å². The molecule has 0 saturated carbocycles. The van der Waals surface area contributed by atoms with E-state index in [1.54, 1.807) is 6.92 Å². The van der Waals surface area contributed by atoms with Crippen LogP contribution in [0.15, 0.2) is 11.6 Å². The molecule has 1 fully saturated rings. The fourth-order valence-corrected chi connectivity index (χ4v) is 1.47. The van der Waals surface area contributed by atoms with Crippen molar-refractivity contribution in [2.75, 3.05) is 6.61 Å². The molecule has 1 saturated heterocycles. The van der Waals surface area contributed by atoms with Crippen molar-refractivity contribution < 1.29 is 9.53 Å². The van der Waals surface area contributed by atoms with Gasteiger partial charge < -0.3 is 4.74 Å². The van der Waals surface area contributed by atoms with Gasteiger partial charge in [0.25, 0.3) is 6.71 Å². The first kappa shape index (κ1) is 9.85. The first-order chi connectivity index (χ1) is 6.26. The number of carbonyl (C=O) groups is 1. The van der Waals surface area contributed by atoms with Gasteiger partial charge in [0.2, 0.25) is 0 Å². The van der Waals surface area contributed by atoms with Gasteiger partial charge in [0.15, 0.2) is 0 Å². The molecule has 0 amide bonds. The quantitative estimate of drug-likeness (QED) is 0.364. The van der Waals surface area contributed by atoms with Crippen molar-refractivity contribution in [2.45, 2.75) is 26.0 Å². The molecular formula is C9H12BNO2. The highest BCUT2D eigenvalue weighted by Gasteiger charge is 2.23. The molecule has 0 aromatic heterocycles. The van der Waals surface area contributed by atoms with Crippen LogP contribution in [-0.4, -0.2) is 19.3 Å². The molecule has 0 atom stereocenters. The van der Waals surface area contributed by atoms with E-state index in [9.17, 15) is 4.79 Å². The van der Waals surface area contributed by atoms with Crippen molar-refractivity contribution in [2.24, 2.45) is 0 Å². The maximum absolute atomic E-state index is 11.0. The van der Waals surface area contributed by atoms with Crippen LogP contribution in [0.5, 0.6) is 0 Å². The molecule has 1 aliphatic heterocycles. The van der Waals surface area contributed by atoms with Gasteiger partial charge in [-0.1, -0.05) is 11.9 Å². The van der Waals surface area contributed by atoms with E-state index in [0.717, 1.165) is 24.6 Å². The van der Waals surface area contributed by atoms with Crippen LogP contribution >= 0.6 is 0 Å². The summed E-state index contributed by atoms with van der Waals surface area (Å²) in [6.45, 7) is 2.29. The number of esters is 1. The van der Waals surface area contributed by atoms with Crippen molar-refractivity contribution >= 4 is 12.7 Å². The van der Waals surface area contributed by atoms with E-state index in [1.807, 2.05) is 0 Å². The predicted molar refractivity (Wildman–Crippen MR) is 50.3 cm³/mol. The van der Waals surface area contributed by atoms with E-state index in [2.05, 4.69) is 5.97 Å². The smallest absolute Gasteiger partial charge is 0.330 e.